The number of amides is 1. The normalized spacial score (nSPS) is 16.1. The molecule has 2 aromatic carbocycles. The highest BCUT2D eigenvalue weighted by Gasteiger charge is 2.29. The Bertz CT molecular complexity index is 1020. The number of ether oxygens (including phenoxy) is 1. The number of likely N-dealkylation sites (tertiary alicyclic amines) is 1. The Kier molecular flexibility index (Phi) is 5.75. The summed E-state index contributed by atoms with van der Waals surface area (Å²) in [4.78, 5) is 27.4. The van der Waals surface area contributed by atoms with Crippen LogP contribution in [0.1, 0.15) is 33.6 Å². The van der Waals surface area contributed by atoms with Crippen LogP contribution in [-0.4, -0.2) is 29.7 Å². The van der Waals surface area contributed by atoms with Crippen LogP contribution >= 0.6 is 0 Å². The van der Waals surface area contributed by atoms with Gasteiger partial charge in [0, 0.05) is 36.7 Å². The third kappa shape index (κ3) is 4.49. The molecule has 1 atom stereocenters. The lowest BCUT2D eigenvalue weighted by molar-refractivity contribution is -0.605. The van der Waals surface area contributed by atoms with Gasteiger partial charge in [0.2, 0.25) is 0 Å². The molecule has 30 heavy (non-hydrogen) atoms. The predicted molar refractivity (Wildman–Crippen MR) is 111 cm³/mol. The number of ketones is 1. The lowest BCUT2D eigenvalue weighted by Gasteiger charge is -2.32. The minimum Gasteiger partial charge on any atom is -0.619 e. The van der Waals surface area contributed by atoms with Gasteiger partial charge in [0.25, 0.3) is 5.91 Å². The number of benzene rings is 2. The van der Waals surface area contributed by atoms with Crippen LogP contribution < -0.4 is 9.47 Å². The van der Waals surface area contributed by atoms with Crippen LogP contribution in [0, 0.1) is 11.1 Å². The molecule has 6 nitrogen and oxygen atoms in total. The number of carbonyl (C=O) groups excluding carboxylic acids is 2. The first-order valence-corrected chi connectivity index (χ1v) is 9.95. The molecule has 0 N–H and O–H groups in total. The average Bonchev–Trinajstić information content (AvgIpc) is 2.80. The quantitative estimate of drug-likeness (QED) is 0.369. The van der Waals surface area contributed by atoms with Gasteiger partial charge in [-0.25, -0.2) is 0 Å². The van der Waals surface area contributed by atoms with Gasteiger partial charge in [-0.2, -0.15) is 4.73 Å². The van der Waals surface area contributed by atoms with Crippen LogP contribution in [0.3, 0.4) is 0 Å². The van der Waals surface area contributed by atoms with E-state index in [1.54, 1.807) is 29.2 Å². The fraction of sp³-hybridized carbons (Fsp3) is 0.208. The molecule has 152 valence electrons. The summed E-state index contributed by atoms with van der Waals surface area (Å²) >= 11 is 0. The molecule has 4 rings (SSSR count). The largest absolute Gasteiger partial charge is 0.619 e. The first-order chi connectivity index (χ1) is 14.6. The maximum Gasteiger partial charge on any atom is 0.254 e. The van der Waals surface area contributed by atoms with Crippen molar-refractivity contribution in [3.05, 3.63) is 95.5 Å². The third-order valence-electron chi connectivity index (χ3n) is 5.25. The zero-order valence-electron chi connectivity index (χ0n) is 16.4. The summed E-state index contributed by atoms with van der Waals surface area (Å²) in [5.74, 6) is 1.04. The van der Waals surface area contributed by atoms with Crippen molar-refractivity contribution in [2.45, 2.75) is 12.8 Å². The Morgan fingerprint density at radius 3 is 2.27 bits per heavy atom. The maximum absolute atomic E-state index is 13.0. The van der Waals surface area contributed by atoms with E-state index in [2.05, 4.69) is 0 Å². The van der Waals surface area contributed by atoms with Crippen LogP contribution in [0.4, 0.5) is 0 Å². The van der Waals surface area contributed by atoms with Crippen LogP contribution in [-0.2, 0) is 0 Å². The van der Waals surface area contributed by atoms with Gasteiger partial charge >= 0.3 is 0 Å². The predicted octanol–water partition coefficient (Wildman–Crippen LogP) is 3.85. The van der Waals surface area contributed by atoms with Crippen molar-refractivity contribution in [1.82, 2.24) is 4.90 Å². The Labute approximate surface area is 174 Å². The van der Waals surface area contributed by atoms with E-state index in [1.165, 1.54) is 24.5 Å². The molecule has 3 aromatic rings. The van der Waals surface area contributed by atoms with Crippen molar-refractivity contribution < 1.29 is 19.1 Å². The molecule has 0 bridgehead atoms. The third-order valence-corrected chi connectivity index (χ3v) is 5.25. The lowest BCUT2D eigenvalue weighted by Crippen LogP contribution is -2.42. The molecular formula is C24H22N2O4. The molecule has 0 spiro atoms. The monoisotopic (exact) mass is 402 g/mol. The van der Waals surface area contributed by atoms with E-state index in [0.29, 0.717) is 34.7 Å². The number of hydrogen-bond acceptors (Lipinski definition) is 4. The molecule has 1 saturated heterocycles. The second kappa shape index (κ2) is 8.78. The van der Waals surface area contributed by atoms with E-state index < -0.39 is 0 Å². The Balaban J connectivity index is 1.41. The molecule has 2 heterocycles. The SMILES string of the molecule is O=C(c1ccc(Oc2ccccc2)cc1)C1CCCN(C(=O)c2cc[n+]([O-])cc2)C1. The van der Waals surface area contributed by atoms with Crippen molar-refractivity contribution in [3.63, 3.8) is 0 Å². The summed E-state index contributed by atoms with van der Waals surface area (Å²) < 4.78 is 6.42. The van der Waals surface area contributed by atoms with Gasteiger partial charge in [-0.3, -0.25) is 9.59 Å². The maximum atomic E-state index is 13.0. The molecule has 0 saturated carbocycles. The Hall–Kier alpha value is -3.67. The van der Waals surface area contributed by atoms with Crippen LogP contribution in [0.5, 0.6) is 11.5 Å². The summed E-state index contributed by atoms with van der Waals surface area (Å²) in [6.07, 6.45) is 4.13. The molecule has 0 aliphatic carbocycles. The van der Waals surface area contributed by atoms with Gasteiger partial charge in [-0.1, -0.05) is 18.2 Å². The molecule has 1 aromatic heterocycles. The van der Waals surface area contributed by atoms with Gasteiger partial charge < -0.3 is 14.8 Å². The number of Topliss-reactive ketones (excluding diaryl/α,β-unsaturated/α-hetero) is 1. The lowest BCUT2D eigenvalue weighted by atomic mass is 9.89. The second-order valence-corrected chi connectivity index (χ2v) is 7.34. The molecule has 1 unspecified atom stereocenters. The van der Waals surface area contributed by atoms with Crippen LogP contribution in [0.2, 0.25) is 0 Å². The van der Waals surface area contributed by atoms with Crippen molar-refractivity contribution in [2.24, 2.45) is 5.92 Å². The van der Waals surface area contributed by atoms with Crippen molar-refractivity contribution >= 4 is 11.7 Å². The minimum absolute atomic E-state index is 0.0317. The van der Waals surface area contributed by atoms with E-state index >= 15 is 0 Å². The van der Waals surface area contributed by atoms with E-state index in [9.17, 15) is 14.8 Å². The number of para-hydroxylation sites is 1. The first-order valence-electron chi connectivity index (χ1n) is 9.95. The molecule has 1 fully saturated rings. The van der Waals surface area contributed by atoms with E-state index in [-0.39, 0.29) is 17.6 Å². The van der Waals surface area contributed by atoms with Crippen molar-refractivity contribution in [2.75, 3.05) is 13.1 Å². The topological polar surface area (TPSA) is 73.5 Å². The highest BCUT2D eigenvalue weighted by atomic mass is 16.5. The summed E-state index contributed by atoms with van der Waals surface area (Å²) in [6, 6.07) is 19.6. The zero-order valence-corrected chi connectivity index (χ0v) is 16.4. The van der Waals surface area contributed by atoms with Crippen molar-refractivity contribution in [1.29, 1.82) is 0 Å². The first kappa shape index (κ1) is 19.6. The Morgan fingerprint density at radius 2 is 1.57 bits per heavy atom. The van der Waals surface area contributed by atoms with Crippen LogP contribution in [0.15, 0.2) is 79.1 Å². The molecule has 6 heteroatoms. The summed E-state index contributed by atoms with van der Waals surface area (Å²) in [6.45, 7) is 0.991. The number of pyridine rings is 1. The van der Waals surface area contributed by atoms with E-state index in [4.69, 9.17) is 4.74 Å². The fourth-order valence-electron chi connectivity index (χ4n) is 3.66. The minimum atomic E-state index is -0.239. The number of aromatic nitrogens is 1. The summed E-state index contributed by atoms with van der Waals surface area (Å²) in [5, 5.41) is 11.2. The van der Waals surface area contributed by atoms with Gasteiger partial charge in [0.1, 0.15) is 11.5 Å². The smallest absolute Gasteiger partial charge is 0.254 e. The Morgan fingerprint density at radius 1 is 0.900 bits per heavy atom. The number of piperidine rings is 1. The molecular weight excluding hydrogens is 380 g/mol. The van der Waals surface area contributed by atoms with Gasteiger partial charge in [0.15, 0.2) is 18.2 Å². The zero-order chi connectivity index (χ0) is 20.9. The molecule has 0 radical (unpaired) electrons. The van der Waals surface area contributed by atoms with Gasteiger partial charge in [-0.05, 0) is 49.2 Å². The van der Waals surface area contributed by atoms with Crippen molar-refractivity contribution in [3.8, 4) is 11.5 Å². The molecule has 1 aliphatic heterocycles. The fourth-order valence-corrected chi connectivity index (χ4v) is 3.66. The van der Waals surface area contributed by atoms with E-state index in [0.717, 1.165) is 18.6 Å². The van der Waals surface area contributed by atoms with E-state index in [1.807, 2.05) is 30.3 Å². The highest BCUT2D eigenvalue weighted by Crippen LogP contribution is 2.25. The molecule has 1 amide bonds. The average molecular weight is 402 g/mol. The molecule has 1 aliphatic rings. The highest BCUT2D eigenvalue weighted by molar-refractivity contribution is 5.99. The second-order valence-electron chi connectivity index (χ2n) is 7.34. The number of rotatable bonds is 5. The number of nitrogens with zero attached hydrogens (tertiary/aromatic N) is 2. The number of hydrogen-bond donors (Lipinski definition) is 0. The number of carbonyl (C=O) groups is 2. The van der Waals surface area contributed by atoms with Gasteiger partial charge in [0.05, 0.1) is 5.56 Å². The standard InChI is InChI=1S/C24H22N2O4/c27-23(18-8-10-22(11-9-18)30-21-6-2-1-3-7-21)20-5-4-14-25(17-20)24(28)19-12-15-26(29)16-13-19/h1-3,6-13,15-16,20H,4-5,14,17H2. The van der Waals surface area contributed by atoms with Crippen LogP contribution in [0.25, 0.3) is 0 Å². The van der Waals surface area contributed by atoms with Gasteiger partial charge in [-0.15, -0.1) is 0 Å². The summed E-state index contributed by atoms with van der Waals surface area (Å²) in [7, 11) is 0. The summed E-state index contributed by atoms with van der Waals surface area (Å²) in [5.41, 5.74) is 1.07.